The molecule has 2 rings (SSSR count). The summed E-state index contributed by atoms with van der Waals surface area (Å²) in [6, 6.07) is 5.70. The molecule has 1 N–H and O–H groups in total. The van der Waals surface area contributed by atoms with Gasteiger partial charge in [-0.3, -0.25) is 4.68 Å². The molecule has 2 aromatic rings. The van der Waals surface area contributed by atoms with Crippen molar-refractivity contribution in [1.82, 2.24) is 15.1 Å². The van der Waals surface area contributed by atoms with Crippen LogP contribution in [0, 0.1) is 0 Å². The molecule has 6 heteroatoms. The molecular formula is C13H14BrCl2N3. The highest BCUT2D eigenvalue weighted by Gasteiger charge is 2.22. The van der Waals surface area contributed by atoms with Crippen LogP contribution in [0.15, 0.2) is 28.9 Å². The van der Waals surface area contributed by atoms with Gasteiger partial charge in [-0.25, -0.2) is 0 Å². The van der Waals surface area contributed by atoms with Gasteiger partial charge in [-0.05, 0) is 30.3 Å². The van der Waals surface area contributed by atoms with Crippen LogP contribution in [0.25, 0.3) is 0 Å². The van der Waals surface area contributed by atoms with Gasteiger partial charge in [0.2, 0.25) is 0 Å². The predicted octanol–water partition coefficient (Wildman–Crippen LogP) is 4.19. The molecule has 0 fully saturated rings. The molecule has 0 radical (unpaired) electrons. The first kappa shape index (κ1) is 14.9. The molecule has 102 valence electrons. The van der Waals surface area contributed by atoms with Crippen LogP contribution in [0.1, 0.15) is 24.2 Å². The number of aromatic nitrogens is 2. The highest BCUT2D eigenvalue weighted by molar-refractivity contribution is 9.10. The maximum absolute atomic E-state index is 6.31. The van der Waals surface area contributed by atoms with Crippen molar-refractivity contribution in [1.29, 1.82) is 0 Å². The summed E-state index contributed by atoms with van der Waals surface area (Å²) in [6.07, 6.45) is 1.65. The number of benzene rings is 1. The Balaban J connectivity index is 2.54. The molecule has 0 aliphatic heterocycles. The lowest BCUT2D eigenvalue weighted by Gasteiger charge is -2.20. The molecule has 3 nitrogen and oxygen atoms in total. The molecule has 0 spiro atoms. The minimum absolute atomic E-state index is 0.0880. The standard InChI is InChI=1S/C13H14BrCl2N3/c1-3-17-12(13-11(16)7-18-19(13)2)9-6-8(14)4-5-10(9)15/h4-7,12,17H,3H2,1-2H3. The zero-order valence-electron chi connectivity index (χ0n) is 10.6. The molecule has 0 saturated carbocycles. The number of nitrogens with one attached hydrogen (secondary N) is 1. The van der Waals surface area contributed by atoms with Crippen LogP contribution in [0.5, 0.6) is 0 Å². The normalized spacial score (nSPS) is 12.7. The van der Waals surface area contributed by atoms with Gasteiger partial charge < -0.3 is 5.32 Å². The van der Waals surface area contributed by atoms with Gasteiger partial charge in [-0.2, -0.15) is 5.10 Å². The molecule has 0 saturated heterocycles. The number of nitrogens with zero attached hydrogens (tertiary/aromatic N) is 2. The highest BCUT2D eigenvalue weighted by Crippen LogP contribution is 2.33. The van der Waals surface area contributed by atoms with Crippen LogP contribution >= 0.6 is 39.1 Å². The summed E-state index contributed by atoms with van der Waals surface area (Å²) in [7, 11) is 1.87. The third kappa shape index (κ3) is 3.14. The van der Waals surface area contributed by atoms with E-state index in [9.17, 15) is 0 Å². The number of halogens is 3. The van der Waals surface area contributed by atoms with Crippen LogP contribution in [0.4, 0.5) is 0 Å². The molecule has 0 aliphatic carbocycles. The SMILES string of the molecule is CCNC(c1cc(Br)ccc1Cl)c1c(Cl)cnn1C. The van der Waals surface area contributed by atoms with Crippen molar-refractivity contribution in [2.75, 3.05) is 6.54 Å². The van der Waals surface area contributed by atoms with E-state index in [-0.39, 0.29) is 6.04 Å². The van der Waals surface area contributed by atoms with Gasteiger partial charge >= 0.3 is 0 Å². The average Bonchev–Trinajstić information content (AvgIpc) is 2.70. The molecule has 1 atom stereocenters. The van der Waals surface area contributed by atoms with Gasteiger partial charge in [0.05, 0.1) is 23.0 Å². The van der Waals surface area contributed by atoms with Crippen molar-refractivity contribution >= 4 is 39.1 Å². The largest absolute Gasteiger partial charge is 0.305 e. The quantitative estimate of drug-likeness (QED) is 0.883. The second-order valence-electron chi connectivity index (χ2n) is 4.16. The number of rotatable bonds is 4. The molecule has 0 bridgehead atoms. The molecule has 0 aliphatic rings. The molecular weight excluding hydrogens is 349 g/mol. The minimum atomic E-state index is -0.0880. The maximum Gasteiger partial charge on any atom is 0.0837 e. The van der Waals surface area contributed by atoms with Crippen LogP contribution in [-0.2, 0) is 7.05 Å². The first-order valence-electron chi connectivity index (χ1n) is 5.90. The summed E-state index contributed by atoms with van der Waals surface area (Å²) in [5.41, 5.74) is 1.88. The minimum Gasteiger partial charge on any atom is -0.305 e. The second kappa shape index (κ2) is 6.27. The van der Waals surface area contributed by atoms with Crippen molar-refractivity contribution in [2.24, 2.45) is 7.05 Å². The van der Waals surface area contributed by atoms with Gasteiger partial charge in [-0.15, -0.1) is 0 Å². The van der Waals surface area contributed by atoms with Gasteiger partial charge in [0.15, 0.2) is 0 Å². The first-order valence-corrected chi connectivity index (χ1v) is 7.45. The van der Waals surface area contributed by atoms with Gasteiger partial charge in [0, 0.05) is 16.5 Å². The zero-order valence-corrected chi connectivity index (χ0v) is 13.7. The van der Waals surface area contributed by atoms with E-state index in [2.05, 4.69) is 26.3 Å². The third-order valence-electron chi connectivity index (χ3n) is 2.89. The Hall–Kier alpha value is -0.550. The fourth-order valence-electron chi connectivity index (χ4n) is 2.04. The van der Waals surface area contributed by atoms with Gasteiger partial charge in [0.1, 0.15) is 0 Å². The Morgan fingerprint density at radius 3 is 2.68 bits per heavy atom. The number of hydrogen-bond donors (Lipinski definition) is 1. The number of hydrogen-bond acceptors (Lipinski definition) is 2. The smallest absolute Gasteiger partial charge is 0.0837 e. The Morgan fingerprint density at radius 1 is 1.37 bits per heavy atom. The molecule has 1 aromatic carbocycles. The molecule has 19 heavy (non-hydrogen) atoms. The van der Waals surface area contributed by atoms with Crippen LogP contribution in [-0.4, -0.2) is 16.3 Å². The van der Waals surface area contributed by atoms with Gasteiger partial charge in [-0.1, -0.05) is 46.1 Å². The van der Waals surface area contributed by atoms with Crippen LogP contribution < -0.4 is 5.32 Å². The van der Waals surface area contributed by atoms with Crippen molar-refractivity contribution in [3.8, 4) is 0 Å². The Bertz CT molecular complexity index is 564. The first-order chi connectivity index (χ1) is 9.04. The second-order valence-corrected chi connectivity index (χ2v) is 5.89. The molecule has 1 heterocycles. The zero-order chi connectivity index (χ0) is 14.0. The summed E-state index contributed by atoms with van der Waals surface area (Å²) in [5, 5.41) is 8.92. The van der Waals surface area contributed by atoms with Crippen LogP contribution in [0.2, 0.25) is 10.0 Å². The Morgan fingerprint density at radius 2 is 2.11 bits per heavy atom. The van der Waals surface area contributed by atoms with E-state index in [1.54, 1.807) is 10.9 Å². The molecule has 1 unspecified atom stereocenters. The number of aryl methyl sites for hydroxylation is 1. The van der Waals surface area contributed by atoms with E-state index in [1.807, 2.05) is 32.2 Å². The van der Waals surface area contributed by atoms with E-state index in [0.29, 0.717) is 10.0 Å². The highest BCUT2D eigenvalue weighted by atomic mass is 79.9. The average molecular weight is 363 g/mol. The lowest BCUT2D eigenvalue weighted by molar-refractivity contribution is 0.573. The van der Waals surface area contributed by atoms with Gasteiger partial charge in [0.25, 0.3) is 0 Å². The molecule has 0 amide bonds. The third-order valence-corrected chi connectivity index (χ3v) is 4.02. The van der Waals surface area contributed by atoms with E-state index in [0.717, 1.165) is 22.3 Å². The van der Waals surface area contributed by atoms with E-state index in [1.165, 1.54) is 0 Å². The predicted molar refractivity (Wildman–Crippen MR) is 82.9 cm³/mol. The van der Waals surface area contributed by atoms with Crippen molar-refractivity contribution < 1.29 is 0 Å². The lowest BCUT2D eigenvalue weighted by atomic mass is 10.0. The fourth-order valence-corrected chi connectivity index (χ4v) is 2.92. The van der Waals surface area contributed by atoms with Crippen LogP contribution in [0.3, 0.4) is 0 Å². The Labute approximate surface area is 131 Å². The van der Waals surface area contributed by atoms with E-state index in [4.69, 9.17) is 23.2 Å². The van der Waals surface area contributed by atoms with Crippen molar-refractivity contribution in [3.63, 3.8) is 0 Å². The fraction of sp³-hybridized carbons (Fsp3) is 0.308. The van der Waals surface area contributed by atoms with E-state index < -0.39 is 0 Å². The maximum atomic E-state index is 6.31. The summed E-state index contributed by atoms with van der Waals surface area (Å²) in [6.45, 7) is 2.85. The summed E-state index contributed by atoms with van der Waals surface area (Å²) in [5.74, 6) is 0. The summed E-state index contributed by atoms with van der Waals surface area (Å²) < 4.78 is 2.75. The summed E-state index contributed by atoms with van der Waals surface area (Å²) in [4.78, 5) is 0. The molecule has 1 aromatic heterocycles. The summed E-state index contributed by atoms with van der Waals surface area (Å²) >= 11 is 16.0. The monoisotopic (exact) mass is 361 g/mol. The van der Waals surface area contributed by atoms with Crippen molar-refractivity contribution in [2.45, 2.75) is 13.0 Å². The topological polar surface area (TPSA) is 29.9 Å². The van der Waals surface area contributed by atoms with Crippen molar-refractivity contribution in [3.05, 3.63) is 50.2 Å². The lowest BCUT2D eigenvalue weighted by Crippen LogP contribution is -2.25. The Kier molecular flexibility index (Phi) is 4.90. The van der Waals surface area contributed by atoms with E-state index >= 15 is 0 Å².